The number of methoxy groups -OCH3 is 1. The van der Waals surface area contributed by atoms with Crippen LogP contribution in [0.2, 0.25) is 0 Å². The lowest BCUT2D eigenvalue weighted by Gasteiger charge is -2.16. The third-order valence-electron chi connectivity index (χ3n) is 1.68. The first-order valence-corrected chi connectivity index (χ1v) is 3.76. The summed E-state index contributed by atoms with van der Waals surface area (Å²) < 4.78 is 10.0. The molecule has 1 N–H and O–H groups in total. The molecule has 0 unspecified atom stereocenters. The first-order valence-electron chi connectivity index (χ1n) is 3.76. The van der Waals surface area contributed by atoms with Crippen LogP contribution in [0.3, 0.4) is 0 Å². The fraction of sp³-hybridized carbons (Fsp3) is 0.250. The van der Waals surface area contributed by atoms with Crippen LogP contribution >= 0.6 is 0 Å². The summed E-state index contributed by atoms with van der Waals surface area (Å²) in [5.74, 6) is 0.840. The Hall–Kier alpha value is -1.78. The van der Waals surface area contributed by atoms with Gasteiger partial charge in [0.2, 0.25) is 5.88 Å². The second kappa shape index (κ2) is 2.93. The number of pyridine rings is 1. The summed E-state index contributed by atoms with van der Waals surface area (Å²) in [5.41, 5.74) is 0.551. The number of hydrogen-bond acceptors (Lipinski definition) is 4. The number of rotatable bonds is 1. The number of nitrogens with one attached hydrogen (secondary N) is 1. The molecule has 1 aromatic rings. The van der Waals surface area contributed by atoms with Gasteiger partial charge < -0.3 is 14.8 Å². The highest BCUT2D eigenvalue weighted by atomic mass is 16.5. The molecule has 0 atom stereocenters. The summed E-state index contributed by atoms with van der Waals surface area (Å²) in [4.78, 5) is 14.9. The molecule has 0 spiro atoms. The van der Waals surface area contributed by atoms with Crippen LogP contribution in [0.4, 0.5) is 5.69 Å². The van der Waals surface area contributed by atoms with Crippen molar-refractivity contribution in [2.45, 2.75) is 0 Å². The number of carbonyl (C=O) groups is 1. The van der Waals surface area contributed by atoms with Crippen LogP contribution in [0.15, 0.2) is 12.3 Å². The molecule has 0 bridgehead atoms. The van der Waals surface area contributed by atoms with Crippen molar-refractivity contribution < 1.29 is 14.3 Å². The normalized spacial score (nSPS) is 14.1. The van der Waals surface area contributed by atoms with Crippen LogP contribution in [-0.4, -0.2) is 24.6 Å². The summed E-state index contributed by atoms with van der Waals surface area (Å²) in [6, 6.07) is 1.67. The van der Waals surface area contributed by atoms with Crippen molar-refractivity contribution in [2.24, 2.45) is 0 Å². The standard InChI is InChI=1S/C8H8N2O3/c1-12-5-2-6-8(9-3-5)13-4-7(11)10-6/h2-3H,4H2,1H3,(H,10,11). The molecule has 1 amide bonds. The van der Waals surface area contributed by atoms with Crippen molar-refractivity contribution in [1.29, 1.82) is 0 Å². The Bertz CT molecular complexity index is 351. The Morgan fingerprint density at radius 1 is 1.69 bits per heavy atom. The maximum absolute atomic E-state index is 10.9. The van der Waals surface area contributed by atoms with Gasteiger partial charge in [0, 0.05) is 6.07 Å². The van der Waals surface area contributed by atoms with Crippen molar-refractivity contribution in [1.82, 2.24) is 4.98 Å². The third-order valence-corrected chi connectivity index (χ3v) is 1.68. The van der Waals surface area contributed by atoms with Crippen LogP contribution < -0.4 is 14.8 Å². The van der Waals surface area contributed by atoms with Gasteiger partial charge in [-0.3, -0.25) is 4.79 Å². The number of hydrogen-bond donors (Lipinski definition) is 1. The Morgan fingerprint density at radius 3 is 3.31 bits per heavy atom. The minimum Gasteiger partial charge on any atom is -0.495 e. The average molecular weight is 180 g/mol. The van der Waals surface area contributed by atoms with Gasteiger partial charge in [-0.25, -0.2) is 4.98 Å². The summed E-state index contributed by atoms with van der Waals surface area (Å²) >= 11 is 0. The molecule has 2 rings (SSSR count). The van der Waals surface area contributed by atoms with E-state index in [4.69, 9.17) is 9.47 Å². The molecule has 0 aliphatic carbocycles. The van der Waals surface area contributed by atoms with Crippen molar-refractivity contribution in [3.8, 4) is 11.6 Å². The Labute approximate surface area is 74.7 Å². The zero-order valence-corrected chi connectivity index (χ0v) is 7.03. The second-order valence-corrected chi connectivity index (χ2v) is 2.56. The van der Waals surface area contributed by atoms with Crippen LogP contribution in [0.1, 0.15) is 0 Å². The van der Waals surface area contributed by atoms with Crippen molar-refractivity contribution >= 4 is 11.6 Å². The van der Waals surface area contributed by atoms with Gasteiger partial charge in [-0.05, 0) is 0 Å². The van der Waals surface area contributed by atoms with E-state index in [-0.39, 0.29) is 12.5 Å². The summed E-state index contributed by atoms with van der Waals surface area (Å²) in [6.07, 6.45) is 1.54. The van der Waals surface area contributed by atoms with E-state index >= 15 is 0 Å². The van der Waals surface area contributed by atoms with Gasteiger partial charge in [0.1, 0.15) is 11.4 Å². The molecule has 68 valence electrons. The summed E-state index contributed by atoms with van der Waals surface area (Å²) in [5, 5.41) is 2.63. The fourth-order valence-corrected chi connectivity index (χ4v) is 1.07. The number of ether oxygens (including phenoxy) is 2. The Morgan fingerprint density at radius 2 is 2.54 bits per heavy atom. The monoisotopic (exact) mass is 180 g/mol. The third kappa shape index (κ3) is 1.40. The summed E-state index contributed by atoms with van der Waals surface area (Å²) in [6.45, 7) is 0.0202. The maximum atomic E-state index is 10.9. The van der Waals surface area contributed by atoms with E-state index in [1.54, 1.807) is 6.07 Å². The highest BCUT2D eigenvalue weighted by Gasteiger charge is 2.17. The highest BCUT2D eigenvalue weighted by Crippen LogP contribution is 2.28. The molecule has 1 aliphatic rings. The SMILES string of the molecule is COc1cnc2c(c1)NC(=O)CO2. The number of carbonyl (C=O) groups excluding carboxylic acids is 1. The quantitative estimate of drug-likeness (QED) is 0.680. The second-order valence-electron chi connectivity index (χ2n) is 2.56. The molecule has 13 heavy (non-hydrogen) atoms. The maximum Gasteiger partial charge on any atom is 0.262 e. The molecule has 1 aliphatic heterocycles. The molecular weight excluding hydrogens is 172 g/mol. The molecule has 5 heteroatoms. The van der Waals surface area contributed by atoms with Gasteiger partial charge >= 0.3 is 0 Å². The average Bonchev–Trinajstić information content (AvgIpc) is 2.16. The van der Waals surface area contributed by atoms with Crippen LogP contribution in [0.5, 0.6) is 11.6 Å². The molecule has 0 saturated heterocycles. The molecule has 0 saturated carbocycles. The van der Waals surface area contributed by atoms with E-state index in [1.807, 2.05) is 0 Å². The van der Waals surface area contributed by atoms with E-state index in [9.17, 15) is 4.79 Å². The van der Waals surface area contributed by atoms with Crippen molar-refractivity contribution in [3.05, 3.63) is 12.3 Å². The molecule has 1 aromatic heterocycles. The lowest BCUT2D eigenvalue weighted by Crippen LogP contribution is -2.25. The molecule has 0 aromatic carbocycles. The van der Waals surface area contributed by atoms with Gasteiger partial charge in [0.05, 0.1) is 13.3 Å². The smallest absolute Gasteiger partial charge is 0.262 e. The highest BCUT2D eigenvalue weighted by molar-refractivity contribution is 5.95. The number of fused-ring (bicyclic) bond motifs is 1. The van der Waals surface area contributed by atoms with E-state index in [1.165, 1.54) is 13.3 Å². The van der Waals surface area contributed by atoms with Crippen LogP contribution in [0, 0.1) is 0 Å². The van der Waals surface area contributed by atoms with E-state index < -0.39 is 0 Å². The first kappa shape index (κ1) is 7.85. The minimum absolute atomic E-state index is 0.0202. The zero-order chi connectivity index (χ0) is 9.26. The fourth-order valence-electron chi connectivity index (χ4n) is 1.07. The number of nitrogens with zero attached hydrogens (tertiary/aromatic N) is 1. The zero-order valence-electron chi connectivity index (χ0n) is 7.03. The Kier molecular flexibility index (Phi) is 1.77. The molecular formula is C8H8N2O3. The first-order chi connectivity index (χ1) is 6.29. The van der Waals surface area contributed by atoms with Crippen LogP contribution in [0.25, 0.3) is 0 Å². The Balaban J connectivity index is 2.38. The molecule has 0 radical (unpaired) electrons. The van der Waals surface area contributed by atoms with Gasteiger partial charge in [-0.2, -0.15) is 0 Å². The predicted octanol–water partition coefficient (Wildman–Crippen LogP) is 0.421. The molecule has 5 nitrogen and oxygen atoms in total. The molecule has 0 fully saturated rings. The summed E-state index contributed by atoms with van der Waals surface area (Å²) in [7, 11) is 1.54. The van der Waals surface area contributed by atoms with Crippen molar-refractivity contribution in [2.75, 3.05) is 19.0 Å². The predicted molar refractivity (Wildman–Crippen MR) is 44.9 cm³/mol. The molecule has 2 heterocycles. The number of aromatic nitrogens is 1. The van der Waals surface area contributed by atoms with E-state index in [0.29, 0.717) is 17.3 Å². The topological polar surface area (TPSA) is 60.5 Å². The lowest BCUT2D eigenvalue weighted by atomic mass is 10.3. The minimum atomic E-state index is -0.178. The van der Waals surface area contributed by atoms with Gasteiger partial charge in [-0.1, -0.05) is 0 Å². The van der Waals surface area contributed by atoms with E-state index in [2.05, 4.69) is 10.3 Å². The largest absolute Gasteiger partial charge is 0.495 e. The van der Waals surface area contributed by atoms with Gasteiger partial charge in [-0.15, -0.1) is 0 Å². The number of anilines is 1. The lowest BCUT2D eigenvalue weighted by molar-refractivity contribution is -0.118. The number of amides is 1. The van der Waals surface area contributed by atoms with Gasteiger partial charge in [0.15, 0.2) is 6.61 Å². The van der Waals surface area contributed by atoms with Crippen LogP contribution in [-0.2, 0) is 4.79 Å². The van der Waals surface area contributed by atoms with Crippen molar-refractivity contribution in [3.63, 3.8) is 0 Å². The van der Waals surface area contributed by atoms with Gasteiger partial charge in [0.25, 0.3) is 5.91 Å². The van der Waals surface area contributed by atoms with E-state index in [0.717, 1.165) is 0 Å².